The molecule has 9 nitrogen and oxygen atoms in total. The first-order valence-electron chi connectivity index (χ1n) is 11.4. The van der Waals surface area contributed by atoms with Crippen LogP contribution in [0.4, 0.5) is 5.82 Å². The number of hydrogen-bond donors (Lipinski definition) is 2. The third kappa shape index (κ3) is 3.60. The van der Waals surface area contributed by atoms with Gasteiger partial charge in [-0.3, -0.25) is 4.79 Å². The minimum atomic E-state index is -0.194. The molecule has 3 fully saturated rings. The minimum Gasteiger partial charge on any atom is -0.469 e. The van der Waals surface area contributed by atoms with Gasteiger partial charge in [-0.1, -0.05) is 11.6 Å². The van der Waals surface area contributed by atoms with Crippen molar-refractivity contribution in [2.24, 2.45) is 17.8 Å². The molecule has 174 valence electrons. The summed E-state index contributed by atoms with van der Waals surface area (Å²) in [5, 5.41) is 3.86. The van der Waals surface area contributed by atoms with Crippen molar-refractivity contribution < 1.29 is 13.9 Å². The highest BCUT2D eigenvalue weighted by Gasteiger charge is 2.48. The number of furan rings is 1. The van der Waals surface area contributed by atoms with Crippen LogP contribution in [0.3, 0.4) is 0 Å². The van der Waals surface area contributed by atoms with Crippen LogP contribution in [0.1, 0.15) is 25.7 Å². The molecule has 4 aromatic heterocycles. The van der Waals surface area contributed by atoms with E-state index in [1.54, 1.807) is 12.5 Å². The SMILES string of the molecule is COC(=O)C1C2CCC(CC2)C1Nc1cc(-c2ccco2)nc(-c2c[nH]c3ncc(Cl)nc23)n1. The number of aromatic amines is 1. The first-order valence-corrected chi connectivity index (χ1v) is 11.8. The fourth-order valence-electron chi connectivity index (χ4n) is 5.54. The smallest absolute Gasteiger partial charge is 0.311 e. The van der Waals surface area contributed by atoms with E-state index in [2.05, 4.69) is 20.3 Å². The van der Waals surface area contributed by atoms with Crippen molar-refractivity contribution in [3.63, 3.8) is 0 Å². The average Bonchev–Trinajstić information content (AvgIpc) is 3.54. The number of carbonyl (C=O) groups is 1. The van der Waals surface area contributed by atoms with E-state index in [4.69, 9.17) is 30.7 Å². The number of esters is 1. The molecule has 7 rings (SSSR count). The quantitative estimate of drug-likeness (QED) is 0.395. The van der Waals surface area contributed by atoms with Crippen molar-refractivity contribution >= 4 is 34.6 Å². The fourth-order valence-corrected chi connectivity index (χ4v) is 5.67. The second kappa shape index (κ2) is 8.39. The van der Waals surface area contributed by atoms with Crippen LogP contribution in [0.2, 0.25) is 5.15 Å². The number of halogens is 1. The number of aromatic nitrogens is 5. The third-order valence-corrected chi connectivity index (χ3v) is 7.28. The summed E-state index contributed by atoms with van der Waals surface area (Å²) in [5.74, 6) is 2.05. The molecule has 4 aromatic rings. The van der Waals surface area contributed by atoms with E-state index < -0.39 is 0 Å². The first kappa shape index (κ1) is 21.1. The summed E-state index contributed by atoms with van der Waals surface area (Å²) in [6.07, 6.45) is 9.17. The third-order valence-electron chi connectivity index (χ3n) is 7.10. The predicted molar refractivity (Wildman–Crippen MR) is 126 cm³/mol. The van der Waals surface area contributed by atoms with Crippen molar-refractivity contribution in [1.29, 1.82) is 0 Å². The molecule has 3 aliphatic carbocycles. The summed E-state index contributed by atoms with van der Waals surface area (Å²) in [4.78, 5) is 34.1. The number of fused-ring (bicyclic) bond motifs is 4. The number of anilines is 1. The molecule has 0 saturated heterocycles. The topological polar surface area (TPSA) is 119 Å². The van der Waals surface area contributed by atoms with E-state index in [1.165, 1.54) is 13.3 Å². The number of rotatable bonds is 5. The molecule has 34 heavy (non-hydrogen) atoms. The highest BCUT2D eigenvalue weighted by atomic mass is 35.5. The van der Waals surface area contributed by atoms with Crippen molar-refractivity contribution in [3.05, 3.63) is 42.0 Å². The summed E-state index contributed by atoms with van der Waals surface area (Å²) in [5.41, 5.74) is 2.48. The molecule has 3 aliphatic rings. The number of ether oxygens (including phenoxy) is 1. The Hall–Kier alpha value is -3.46. The molecule has 2 atom stereocenters. The number of nitrogens with zero attached hydrogens (tertiary/aromatic N) is 4. The van der Waals surface area contributed by atoms with E-state index in [0.717, 1.165) is 25.7 Å². The van der Waals surface area contributed by atoms with Crippen LogP contribution in [0, 0.1) is 17.8 Å². The lowest BCUT2D eigenvalue weighted by Gasteiger charge is -2.47. The van der Waals surface area contributed by atoms with Gasteiger partial charge in [0.25, 0.3) is 0 Å². The Morgan fingerprint density at radius 3 is 2.79 bits per heavy atom. The molecule has 2 N–H and O–H groups in total. The van der Waals surface area contributed by atoms with Crippen LogP contribution >= 0.6 is 11.6 Å². The summed E-state index contributed by atoms with van der Waals surface area (Å²) in [6, 6.07) is 5.46. The summed E-state index contributed by atoms with van der Waals surface area (Å²) < 4.78 is 10.8. The largest absolute Gasteiger partial charge is 0.469 e. The van der Waals surface area contributed by atoms with E-state index in [9.17, 15) is 4.79 Å². The highest BCUT2D eigenvalue weighted by Crippen LogP contribution is 2.46. The zero-order valence-corrected chi connectivity index (χ0v) is 19.2. The van der Waals surface area contributed by atoms with E-state index in [0.29, 0.717) is 51.7 Å². The van der Waals surface area contributed by atoms with Crippen molar-refractivity contribution in [2.45, 2.75) is 31.7 Å². The molecule has 0 aliphatic heterocycles. The van der Waals surface area contributed by atoms with Crippen LogP contribution in [0.15, 0.2) is 41.3 Å². The minimum absolute atomic E-state index is 0.0515. The van der Waals surface area contributed by atoms with Gasteiger partial charge in [-0.05, 0) is 49.7 Å². The molecule has 3 saturated carbocycles. The van der Waals surface area contributed by atoms with Gasteiger partial charge in [-0.15, -0.1) is 0 Å². The molecule has 2 unspecified atom stereocenters. The Morgan fingerprint density at radius 1 is 1.21 bits per heavy atom. The van der Waals surface area contributed by atoms with Crippen LogP contribution in [0.5, 0.6) is 0 Å². The maximum absolute atomic E-state index is 12.7. The number of methoxy groups -OCH3 is 1. The van der Waals surface area contributed by atoms with Crippen molar-refractivity contribution in [1.82, 2.24) is 24.9 Å². The highest BCUT2D eigenvalue weighted by molar-refractivity contribution is 6.29. The van der Waals surface area contributed by atoms with Gasteiger partial charge in [0.15, 0.2) is 17.2 Å². The zero-order valence-electron chi connectivity index (χ0n) is 18.5. The van der Waals surface area contributed by atoms with Crippen LogP contribution in [-0.4, -0.2) is 44.0 Å². The van der Waals surface area contributed by atoms with Gasteiger partial charge in [-0.2, -0.15) is 0 Å². The molecule has 0 aromatic carbocycles. The summed E-state index contributed by atoms with van der Waals surface area (Å²) in [6.45, 7) is 0. The predicted octanol–water partition coefficient (Wildman–Crippen LogP) is 4.72. The number of carbonyl (C=O) groups excluding carboxylic acids is 1. The van der Waals surface area contributed by atoms with Gasteiger partial charge in [0.1, 0.15) is 22.2 Å². The molecular formula is C24H23ClN6O3. The number of H-pyrrole nitrogens is 1. The fraction of sp³-hybridized carbons (Fsp3) is 0.375. The molecule has 0 spiro atoms. The average molecular weight is 479 g/mol. The number of hydrogen-bond acceptors (Lipinski definition) is 8. The second-order valence-corrected chi connectivity index (χ2v) is 9.31. The van der Waals surface area contributed by atoms with Crippen molar-refractivity contribution in [2.75, 3.05) is 12.4 Å². The Labute approximate surface area is 200 Å². The Kier molecular flexibility index (Phi) is 5.21. The Morgan fingerprint density at radius 2 is 2.03 bits per heavy atom. The van der Waals surface area contributed by atoms with Crippen LogP contribution in [-0.2, 0) is 9.53 Å². The summed E-state index contributed by atoms with van der Waals surface area (Å²) >= 11 is 6.10. The molecule has 10 heteroatoms. The van der Waals surface area contributed by atoms with Crippen LogP contribution < -0.4 is 5.32 Å². The maximum atomic E-state index is 12.7. The first-order chi connectivity index (χ1) is 16.6. The molecule has 0 amide bonds. The van der Waals surface area contributed by atoms with E-state index in [1.807, 2.05) is 18.2 Å². The molecule has 0 radical (unpaired) electrons. The van der Waals surface area contributed by atoms with Gasteiger partial charge in [-0.25, -0.2) is 19.9 Å². The summed E-state index contributed by atoms with van der Waals surface area (Å²) in [7, 11) is 1.46. The van der Waals surface area contributed by atoms with E-state index in [-0.39, 0.29) is 23.1 Å². The molecular weight excluding hydrogens is 456 g/mol. The monoisotopic (exact) mass is 478 g/mol. The Balaban J connectivity index is 1.44. The van der Waals surface area contributed by atoms with Gasteiger partial charge < -0.3 is 19.5 Å². The van der Waals surface area contributed by atoms with Crippen molar-refractivity contribution in [3.8, 4) is 22.8 Å². The maximum Gasteiger partial charge on any atom is 0.311 e. The standard InChI is InChI=1S/C24H23ClN6O3/c1-33-24(32)19-12-4-6-13(7-5-12)20(19)30-18-9-15(16-3-2-8-34-16)28-22(31-18)14-10-26-23-21(14)29-17(25)11-27-23/h2-3,8-13,19-20H,4-7H2,1H3,(H,26,27)(H,28,30,31). The van der Waals surface area contributed by atoms with Crippen LogP contribution in [0.25, 0.3) is 34.0 Å². The molecule has 4 heterocycles. The second-order valence-electron chi connectivity index (χ2n) is 8.93. The molecule has 2 bridgehead atoms. The van der Waals surface area contributed by atoms with Gasteiger partial charge in [0, 0.05) is 18.3 Å². The number of nitrogens with one attached hydrogen (secondary N) is 2. The van der Waals surface area contributed by atoms with Gasteiger partial charge >= 0.3 is 5.97 Å². The van der Waals surface area contributed by atoms with Gasteiger partial charge in [0.2, 0.25) is 0 Å². The lowest BCUT2D eigenvalue weighted by molar-refractivity contribution is -0.152. The normalized spacial score (nSPS) is 23.8. The Bertz CT molecular complexity index is 1350. The lowest BCUT2D eigenvalue weighted by atomic mass is 9.61. The van der Waals surface area contributed by atoms with E-state index >= 15 is 0 Å². The lowest BCUT2D eigenvalue weighted by Crippen LogP contribution is -2.51. The zero-order chi connectivity index (χ0) is 23.2. The van der Waals surface area contributed by atoms with Gasteiger partial charge in [0.05, 0.1) is 31.1 Å².